The molecule has 0 spiro atoms. The summed E-state index contributed by atoms with van der Waals surface area (Å²) < 4.78 is 2.71. The lowest BCUT2D eigenvalue weighted by Crippen LogP contribution is -2.28. The van der Waals surface area contributed by atoms with Crippen LogP contribution in [-0.2, 0) is 17.9 Å². The van der Waals surface area contributed by atoms with Gasteiger partial charge in [0.15, 0.2) is 5.16 Å². The molecule has 0 unspecified atom stereocenters. The van der Waals surface area contributed by atoms with E-state index in [-0.39, 0.29) is 17.3 Å². The third-order valence-corrected chi connectivity index (χ3v) is 5.90. The van der Waals surface area contributed by atoms with Crippen LogP contribution in [-0.4, -0.2) is 43.4 Å². The molecule has 0 radical (unpaired) electrons. The van der Waals surface area contributed by atoms with Crippen LogP contribution in [0.3, 0.4) is 0 Å². The zero-order valence-electron chi connectivity index (χ0n) is 14.8. The molecule has 7 nitrogen and oxygen atoms in total. The molecule has 0 atom stereocenters. The molecule has 3 aromatic rings. The third-order valence-electron chi connectivity index (χ3n) is 3.92. The number of unbranched alkanes of at least 4 members (excludes halogenated alkanes) is 1. The molecule has 9 heteroatoms. The van der Waals surface area contributed by atoms with Crippen molar-refractivity contribution in [2.75, 3.05) is 12.8 Å². The second-order valence-electron chi connectivity index (χ2n) is 5.93. The van der Waals surface area contributed by atoms with E-state index in [1.54, 1.807) is 27.9 Å². The maximum atomic E-state index is 12.4. The number of nitrogens with one attached hydrogen (secondary N) is 1. The van der Waals surface area contributed by atoms with Gasteiger partial charge >= 0.3 is 5.69 Å². The number of hydrogen-bond acceptors (Lipinski definition) is 6. The molecule has 3 rings (SSSR count). The average molecular weight is 392 g/mol. The van der Waals surface area contributed by atoms with Gasteiger partial charge in [-0.25, -0.2) is 14.9 Å². The first-order valence-electron chi connectivity index (χ1n) is 8.45. The molecule has 1 N–H and O–H groups in total. The van der Waals surface area contributed by atoms with E-state index in [9.17, 15) is 9.59 Å². The molecule has 0 bridgehead atoms. The fourth-order valence-corrected chi connectivity index (χ4v) is 4.38. The number of rotatable bonds is 8. The Balaban J connectivity index is 1.58. The number of aromatic amines is 1. The molecule has 0 aliphatic carbocycles. The van der Waals surface area contributed by atoms with E-state index in [1.807, 2.05) is 24.3 Å². The fourth-order valence-electron chi connectivity index (χ4n) is 2.44. The summed E-state index contributed by atoms with van der Waals surface area (Å²) in [5.41, 5.74) is 0.732. The smallest absolute Gasteiger partial charge is 0.338 e. The minimum atomic E-state index is -0.226. The number of aromatic nitrogens is 4. The van der Waals surface area contributed by atoms with Crippen molar-refractivity contribution in [3.8, 4) is 0 Å². The van der Waals surface area contributed by atoms with Crippen LogP contribution in [0.25, 0.3) is 10.2 Å². The van der Waals surface area contributed by atoms with E-state index in [4.69, 9.17) is 0 Å². The van der Waals surface area contributed by atoms with Crippen LogP contribution < -0.4 is 5.69 Å². The van der Waals surface area contributed by atoms with Crippen molar-refractivity contribution in [1.29, 1.82) is 0 Å². The number of H-pyrrole nitrogens is 1. The summed E-state index contributed by atoms with van der Waals surface area (Å²) in [6.07, 6.45) is 1.89. The van der Waals surface area contributed by atoms with Gasteiger partial charge in [-0.2, -0.15) is 0 Å². The Morgan fingerprint density at radius 1 is 1.38 bits per heavy atom. The second-order valence-corrected chi connectivity index (χ2v) is 7.99. The first-order valence-corrected chi connectivity index (χ1v) is 10.2. The SMILES string of the molecule is CCCCn1c(SCC(=O)N(C)Cc2nc3ccccc3s2)n[nH]c1=O. The lowest BCUT2D eigenvalue weighted by atomic mass is 10.3. The van der Waals surface area contributed by atoms with Crippen LogP contribution in [0.4, 0.5) is 0 Å². The minimum Gasteiger partial charge on any atom is -0.338 e. The van der Waals surface area contributed by atoms with Gasteiger partial charge in [-0.3, -0.25) is 9.36 Å². The van der Waals surface area contributed by atoms with E-state index in [0.717, 1.165) is 28.1 Å². The maximum absolute atomic E-state index is 12.4. The number of thioether (sulfide) groups is 1. The van der Waals surface area contributed by atoms with Gasteiger partial charge in [-0.05, 0) is 18.6 Å². The Kier molecular flexibility index (Phi) is 6.10. The van der Waals surface area contributed by atoms with Gasteiger partial charge in [0.2, 0.25) is 5.91 Å². The number of para-hydroxylation sites is 1. The van der Waals surface area contributed by atoms with Crippen molar-refractivity contribution >= 4 is 39.2 Å². The summed E-state index contributed by atoms with van der Waals surface area (Å²) in [5, 5.41) is 7.95. The predicted octanol–water partition coefficient (Wildman–Crippen LogP) is 2.73. The summed E-state index contributed by atoms with van der Waals surface area (Å²) >= 11 is 2.88. The number of carbonyl (C=O) groups excluding carboxylic acids is 1. The van der Waals surface area contributed by atoms with Crippen molar-refractivity contribution in [3.63, 3.8) is 0 Å². The van der Waals surface area contributed by atoms with Crippen LogP contribution in [0.1, 0.15) is 24.8 Å². The number of thiazole rings is 1. The largest absolute Gasteiger partial charge is 0.343 e. The average Bonchev–Trinajstić information content (AvgIpc) is 3.20. The standard InChI is InChI=1S/C17H21N5O2S2/c1-3-4-9-22-16(24)19-20-17(22)25-11-15(23)21(2)10-14-18-12-7-5-6-8-13(12)26-14/h5-8H,3-4,9-11H2,1-2H3,(H,19,24). The molecule has 26 heavy (non-hydrogen) atoms. The highest BCUT2D eigenvalue weighted by atomic mass is 32.2. The number of amides is 1. The number of carbonyl (C=O) groups is 1. The molecule has 1 aromatic carbocycles. The quantitative estimate of drug-likeness (QED) is 0.597. The summed E-state index contributed by atoms with van der Waals surface area (Å²) in [6, 6.07) is 7.94. The van der Waals surface area contributed by atoms with Gasteiger partial charge < -0.3 is 4.90 Å². The lowest BCUT2D eigenvalue weighted by molar-refractivity contribution is -0.127. The fraction of sp³-hybridized carbons (Fsp3) is 0.412. The van der Waals surface area contributed by atoms with Gasteiger partial charge in [0.05, 0.1) is 22.5 Å². The Bertz CT molecular complexity index is 913. The van der Waals surface area contributed by atoms with Gasteiger partial charge in [-0.1, -0.05) is 37.2 Å². The number of nitrogens with zero attached hydrogens (tertiary/aromatic N) is 4. The molecule has 1 amide bonds. The van der Waals surface area contributed by atoms with Crippen LogP contribution in [0, 0.1) is 0 Å². The van der Waals surface area contributed by atoms with Crippen molar-refractivity contribution in [1.82, 2.24) is 24.6 Å². The highest BCUT2D eigenvalue weighted by Gasteiger charge is 2.15. The van der Waals surface area contributed by atoms with Gasteiger partial charge in [0.1, 0.15) is 5.01 Å². The van der Waals surface area contributed by atoms with E-state index < -0.39 is 0 Å². The van der Waals surface area contributed by atoms with E-state index in [1.165, 1.54) is 11.8 Å². The van der Waals surface area contributed by atoms with Crippen molar-refractivity contribution < 1.29 is 4.79 Å². The Morgan fingerprint density at radius 3 is 2.96 bits per heavy atom. The zero-order valence-corrected chi connectivity index (χ0v) is 16.4. The normalized spacial score (nSPS) is 11.2. The summed E-state index contributed by atoms with van der Waals surface area (Å²) in [6.45, 7) is 3.16. The number of fused-ring (bicyclic) bond motifs is 1. The molecular formula is C17H21N5O2S2. The van der Waals surface area contributed by atoms with E-state index >= 15 is 0 Å². The van der Waals surface area contributed by atoms with Crippen molar-refractivity contribution in [2.24, 2.45) is 0 Å². The van der Waals surface area contributed by atoms with Crippen LogP contribution in [0.5, 0.6) is 0 Å². The van der Waals surface area contributed by atoms with E-state index in [0.29, 0.717) is 18.2 Å². The van der Waals surface area contributed by atoms with Gasteiger partial charge in [0, 0.05) is 13.6 Å². The number of benzene rings is 1. The highest BCUT2D eigenvalue weighted by Crippen LogP contribution is 2.23. The molecular weight excluding hydrogens is 370 g/mol. The van der Waals surface area contributed by atoms with Crippen LogP contribution >= 0.6 is 23.1 Å². The maximum Gasteiger partial charge on any atom is 0.343 e. The summed E-state index contributed by atoms with van der Waals surface area (Å²) in [4.78, 5) is 30.4. The molecule has 0 saturated heterocycles. The molecule has 2 heterocycles. The molecule has 0 fully saturated rings. The monoisotopic (exact) mass is 391 g/mol. The number of hydrogen-bond donors (Lipinski definition) is 1. The lowest BCUT2D eigenvalue weighted by Gasteiger charge is -2.15. The topological polar surface area (TPSA) is 83.9 Å². The van der Waals surface area contributed by atoms with Gasteiger partial charge in [0.25, 0.3) is 0 Å². The third kappa shape index (κ3) is 4.34. The van der Waals surface area contributed by atoms with E-state index in [2.05, 4.69) is 22.1 Å². The minimum absolute atomic E-state index is 0.0215. The Labute approximate surface area is 159 Å². The molecule has 0 aliphatic rings. The van der Waals surface area contributed by atoms with Crippen LogP contribution in [0.2, 0.25) is 0 Å². The summed E-state index contributed by atoms with van der Waals surface area (Å²) in [5.74, 6) is 0.212. The van der Waals surface area contributed by atoms with Crippen molar-refractivity contribution in [3.05, 3.63) is 39.8 Å². The van der Waals surface area contributed by atoms with Crippen LogP contribution in [0.15, 0.2) is 34.2 Å². The van der Waals surface area contributed by atoms with Crippen molar-refractivity contribution in [2.45, 2.75) is 38.0 Å². The molecule has 2 aromatic heterocycles. The zero-order chi connectivity index (χ0) is 18.5. The first kappa shape index (κ1) is 18.7. The summed E-state index contributed by atoms with van der Waals surface area (Å²) in [7, 11) is 1.77. The van der Waals surface area contributed by atoms with Gasteiger partial charge in [-0.15, -0.1) is 16.4 Å². The molecule has 0 aliphatic heterocycles. The first-order chi connectivity index (χ1) is 12.6. The Hall–Kier alpha value is -2.13. The highest BCUT2D eigenvalue weighted by molar-refractivity contribution is 7.99. The molecule has 0 saturated carbocycles. The Morgan fingerprint density at radius 2 is 2.19 bits per heavy atom. The molecule has 138 valence electrons. The predicted molar refractivity (Wildman–Crippen MR) is 105 cm³/mol. The second kappa shape index (κ2) is 8.50.